The molecule has 0 saturated carbocycles. The smallest absolute Gasteiger partial charge is 0.372 e. The molecule has 90 valence electrons. The summed E-state index contributed by atoms with van der Waals surface area (Å²) in [4.78, 5) is 10.8. The SMILES string of the molecule is CC(C)C(CO)NCc1ccoc1C(=O)O. The first-order chi connectivity index (χ1) is 7.56. The van der Waals surface area contributed by atoms with Gasteiger partial charge in [0.1, 0.15) is 0 Å². The average Bonchev–Trinajstić information content (AvgIpc) is 2.66. The third kappa shape index (κ3) is 3.08. The third-order valence-electron chi connectivity index (χ3n) is 2.50. The number of furan rings is 1. The van der Waals surface area contributed by atoms with E-state index in [1.807, 2.05) is 13.8 Å². The topological polar surface area (TPSA) is 82.7 Å². The van der Waals surface area contributed by atoms with Gasteiger partial charge in [0.15, 0.2) is 0 Å². The maximum absolute atomic E-state index is 10.8. The maximum Gasteiger partial charge on any atom is 0.372 e. The van der Waals surface area contributed by atoms with Gasteiger partial charge in [-0.15, -0.1) is 0 Å². The number of rotatable bonds is 6. The van der Waals surface area contributed by atoms with Crippen LogP contribution in [-0.2, 0) is 6.54 Å². The molecule has 0 fully saturated rings. The molecule has 1 rings (SSSR count). The lowest BCUT2D eigenvalue weighted by atomic mass is 10.1. The number of carbonyl (C=O) groups is 1. The van der Waals surface area contributed by atoms with E-state index in [9.17, 15) is 4.79 Å². The normalized spacial score (nSPS) is 13.0. The summed E-state index contributed by atoms with van der Waals surface area (Å²) in [7, 11) is 0. The molecule has 0 saturated heterocycles. The fourth-order valence-electron chi connectivity index (χ4n) is 1.41. The molecule has 0 bridgehead atoms. The quantitative estimate of drug-likeness (QED) is 0.677. The Morgan fingerprint density at radius 3 is 2.75 bits per heavy atom. The van der Waals surface area contributed by atoms with Gasteiger partial charge in [-0.25, -0.2) is 4.79 Å². The van der Waals surface area contributed by atoms with E-state index in [4.69, 9.17) is 14.6 Å². The number of hydrogen-bond acceptors (Lipinski definition) is 4. The van der Waals surface area contributed by atoms with Gasteiger partial charge in [0.05, 0.1) is 12.9 Å². The van der Waals surface area contributed by atoms with Crippen LogP contribution in [0.4, 0.5) is 0 Å². The standard InChI is InChI=1S/C11H17NO4/c1-7(2)9(6-13)12-5-8-3-4-16-10(8)11(14)15/h3-4,7,9,12-13H,5-6H2,1-2H3,(H,14,15). The van der Waals surface area contributed by atoms with Crippen molar-refractivity contribution in [1.29, 1.82) is 0 Å². The molecule has 1 aromatic heterocycles. The number of nitrogens with one attached hydrogen (secondary N) is 1. The Labute approximate surface area is 94.1 Å². The molecule has 0 aliphatic rings. The molecule has 0 aromatic carbocycles. The molecule has 5 nitrogen and oxygen atoms in total. The summed E-state index contributed by atoms with van der Waals surface area (Å²) < 4.78 is 4.85. The van der Waals surface area contributed by atoms with Gasteiger partial charge in [-0.05, 0) is 12.0 Å². The lowest BCUT2D eigenvalue weighted by molar-refractivity contribution is 0.0660. The largest absolute Gasteiger partial charge is 0.475 e. The molecule has 1 atom stereocenters. The minimum atomic E-state index is -1.08. The Bertz CT molecular complexity index is 346. The van der Waals surface area contributed by atoms with Gasteiger partial charge in [0.2, 0.25) is 5.76 Å². The van der Waals surface area contributed by atoms with Crippen LogP contribution in [0.1, 0.15) is 30.0 Å². The van der Waals surface area contributed by atoms with Gasteiger partial charge in [-0.1, -0.05) is 13.8 Å². The summed E-state index contributed by atoms with van der Waals surface area (Å²) in [6.45, 7) is 4.38. The Hall–Kier alpha value is -1.33. The molecule has 0 aliphatic heterocycles. The van der Waals surface area contributed by atoms with Crippen LogP contribution in [0.3, 0.4) is 0 Å². The highest BCUT2D eigenvalue weighted by Gasteiger charge is 2.16. The average molecular weight is 227 g/mol. The number of carboxylic acids is 1. The number of aromatic carboxylic acids is 1. The second kappa shape index (κ2) is 5.67. The molecule has 1 aromatic rings. The van der Waals surface area contributed by atoms with Crippen molar-refractivity contribution in [3.63, 3.8) is 0 Å². The number of aliphatic hydroxyl groups excluding tert-OH is 1. The number of hydrogen-bond donors (Lipinski definition) is 3. The van der Waals surface area contributed by atoms with Crippen LogP contribution in [0.15, 0.2) is 16.7 Å². The Morgan fingerprint density at radius 2 is 2.25 bits per heavy atom. The van der Waals surface area contributed by atoms with Crippen molar-refractivity contribution in [2.24, 2.45) is 5.92 Å². The van der Waals surface area contributed by atoms with Gasteiger partial charge in [0.25, 0.3) is 0 Å². The fourth-order valence-corrected chi connectivity index (χ4v) is 1.41. The highest BCUT2D eigenvalue weighted by atomic mass is 16.4. The highest BCUT2D eigenvalue weighted by Crippen LogP contribution is 2.11. The van der Waals surface area contributed by atoms with E-state index in [2.05, 4.69) is 5.32 Å². The molecule has 1 heterocycles. The van der Waals surface area contributed by atoms with E-state index in [1.165, 1.54) is 6.26 Å². The number of carboxylic acid groups (broad SMARTS) is 1. The van der Waals surface area contributed by atoms with Crippen molar-refractivity contribution in [2.75, 3.05) is 6.61 Å². The summed E-state index contributed by atoms with van der Waals surface area (Å²) in [5.74, 6) is -0.843. The van der Waals surface area contributed by atoms with Crippen molar-refractivity contribution in [3.05, 3.63) is 23.7 Å². The van der Waals surface area contributed by atoms with Gasteiger partial charge in [-0.2, -0.15) is 0 Å². The van der Waals surface area contributed by atoms with Crippen molar-refractivity contribution in [1.82, 2.24) is 5.32 Å². The summed E-state index contributed by atoms with van der Waals surface area (Å²) in [6, 6.07) is 1.57. The molecule has 0 radical (unpaired) electrons. The van der Waals surface area contributed by atoms with Crippen LogP contribution in [0.25, 0.3) is 0 Å². The first kappa shape index (κ1) is 12.7. The Balaban J connectivity index is 2.60. The van der Waals surface area contributed by atoms with Crippen molar-refractivity contribution < 1.29 is 19.4 Å². The van der Waals surface area contributed by atoms with Gasteiger partial charge < -0.3 is 19.9 Å². The van der Waals surface area contributed by atoms with E-state index in [0.717, 1.165) is 0 Å². The molecule has 1 unspecified atom stereocenters. The van der Waals surface area contributed by atoms with E-state index in [-0.39, 0.29) is 24.3 Å². The van der Waals surface area contributed by atoms with E-state index >= 15 is 0 Å². The third-order valence-corrected chi connectivity index (χ3v) is 2.50. The van der Waals surface area contributed by atoms with Crippen molar-refractivity contribution in [2.45, 2.75) is 26.4 Å². The second-order valence-electron chi connectivity index (χ2n) is 3.99. The summed E-state index contributed by atoms with van der Waals surface area (Å²) in [5, 5.41) is 21.0. The van der Waals surface area contributed by atoms with Gasteiger partial charge >= 0.3 is 5.97 Å². The Kier molecular flexibility index (Phi) is 4.52. The fraction of sp³-hybridized carbons (Fsp3) is 0.545. The minimum absolute atomic E-state index is 0.0257. The van der Waals surface area contributed by atoms with Crippen molar-refractivity contribution in [3.8, 4) is 0 Å². The van der Waals surface area contributed by atoms with E-state index < -0.39 is 5.97 Å². The summed E-state index contributed by atoms with van der Waals surface area (Å²) >= 11 is 0. The van der Waals surface area contributed by atoms with Crippen molar-refractivity contribution >= 4 is 5.97 Å². The molecule has 0 spiro atoms. The molecular weight excluding hydrogens is 210 g/mol. The summed E-state index contributed by atoms with van der Waals surface area (Å²) in [6.07, 6.45) is 1.35. The predicted molar refractivity (Wildman–Crippen MR) is 58.2 cm³/mol. The molecular formula is C11H17NO4. The van der Waals surface area contributed by atoms with Crippen LogP contribution in [0.2, 0.25) is 0 Å². The summed E-state index contributed by atoms with van der Waals surface area (Å²) in [5.41, 5.74) is 0.589. The monoisotopic (exact) mass is 227 g/mol. The molecule has 0 aliphatic carbocycles. The maximum atomic E-state index is 10.8. The molecule has 16 heavy (non-hydrogen) atoms. The highest BCUT2D eigenvalue weighted by molar-refractivity contribution is 5.86. The Morgan fingerprint density at radius 1 is 1.56 bits per heavy atom. The molecule has 0 amide bonds. The van der Waals surface area contributed by atoms with Crippen LogP contribution >= 0.6 is 0 Å². The first-order valence-corrected chi connectivity index (χ1v) is 5.20. The predicted octanol–water partition coefficient (Wildman–Crippen LogP) is 1.08. The van der Waals surface area contributed by atoms with Crippen LogP contribution in [-0.4, -0.2) is 28.8 Å². The lowest BCUT2D eigenvalue weighted by Crippen LogP contribution is -2.36. The zero-order chi connectivity index (χ0) is 12.1. The second-order valence-corrected chi connectivity index (χ2v) is 3.99. The minimum Gasteiger partial charge on any atom is -0.475 e. The zero-order valence-electron chi connectivity index (χ0n) is 9.43. The van der Waals surface area contributed by atoms with Gasteiger partial charge in [-0.3, -0.25) is 0 Å². The van der Waals surface area contributed by atoms with Crippen LogP contribution in [0.5, 0.6) is 0 Å². The van der Waals surface area contributed by atoms with E-state index in [0.29, 0.717) is 12.1 Å². The zero-order valence-corrected chi connectivity index (χ0v) is 9.43. The van der Waals surface area contributed by atoms with E-state index in [1.54, 1.807) is 6.07 Å². The first-order valence-electron chi connectivity index (χ1n) is 5.20. The molecule has 5 heteroatoms. The van der Waals surface area contributed by atoms with Crippen LogP contribution < -0.4 is 5.32 Å². The molecule has 3 N–H and O–H groups in total. The number of aliphatic hydroxyl groups is 1. The van der Waals surface area contributed by atoms with Gasteiger partial charge in [0, 0.05) is 18.2 Å². The lowest BCUT2D eigenvalue weighted by Gasteiger charge is -2.19. The van der Waals surface area contributed by atoms with Crippen LogP contribution in [0, 0.1) is 5.92 Å².